The fourth-order valence-corrected chi connectivity index (χ4v) is 1.21. The van der Waals surface area contributed by atoms with Crippen LogP contribution >= 0.6 is 35.0 Å². The molecule has 1 rings (SSSR count). The van der Waals surface area contributed by atoms with Crippen LogP contribution in [0.25, 0.3) is 0 Å². The van der Waals surface area contributed by atoms with E-state index in [1.807, 2.05) is 5.40 Å². The molecule has 1 heterocycles. The average molecular weight is 206 g/mol. The molecule has 0 saturated carbocycles. The molecule has 0 saturated heterocycles. The van der Waals surface area contributed by atoms with Gasteiger partial charge in [-0.2, -0.15) is 5.26 Å². The average Bonchev–Trinajstić information content (AvgIpc) is 1.98. The van der Waals surface area contributed by atoms with E-state index in [0.29, 0.717) is 10.0 Å². The molecule has 0 amide bonds. The maximum atomic E-state index is 8.29. The summed E-state index contributed by atoms with van der Waals surface area (Å²) in [5.74, 6) is 0. The second kappa shape index (κ2) is 3.77. The van der Waals surface area contributed by atoms with Gasteiger partial charge in [-0.3, -0.25) is 0 Å². The van der Waals surface area contributed by atoms with Crippen molar-refractivity contribution in [2.75, 3.05) is 0 Å². The van der Waals surface area contributed by atoms with Gasteiger partial charge in [-0.25, -0.2) is 9.97 Å². The molecule has 0 unspecified atom stereocenters. The highest BCUT2D eigenvalue weighted by molar-refractivity contribution is 8.03. The standard InChI is InChI=1S/C5HCl2N3S/c6-3-1-9-5(7)10-4(3)11-2-8/h1H. The largest absolute Gasteiger partial charge is 0.225 e. The first-order valence-corrected chi connectivity index (χ1v) is 4.05. The van der Waals surface area contributed by atoms with Crippen LogP contribution < -0.4 is 0 Å². The van der Waals surface area contributed by atoms with Gasteiger partial charge < -0.3 is 0 Å². The van der Waals surface area contributed by atoms with Crippen LogP contribution in [0, 0.1) is 10.7 Å². The minimum Gasteiger partial charge on any atom is -0.225 e. The van der Waals surface area contributed by atoms with Gasteiger partial charge in [-0.05, 0) is 11.6 Å². The maximum Gasteiger partial charge on any atom is 0.223 e. The van der Waals surface area contributed by atoms with E-state index in [4.69, 9.17) is 28.5 Å². The van der Waals surface area contributed by atoms with Gasteiger partial charge in [0.25, 0.3) is 0 Å². The topological polar surface area (TPSA) is 49.6 Å². The van der Waals surface area contributed by atoms with Gasteiger partial charge in [-0.1, -0.05) is 11.6 Å². The Hall–Kier alpha value is -0.500. The van der Waals surface area contributed by atoms with E-state index < -0.39 is 0 Å². The molecule has 0 aliphatic rings. The van der Waals surface area contributed by atoms with Crippen LogP contribution in [0.4, 0.5) is 0 Å². The smallest absolute Gasteiger partial charge is 0.223 e. The fourth-order valence-electron chi connectivity index (χ4n) is 0.446. The van der Waals surface area contributed by atoms with E-state index in [2.05, 4.69) is 9.97 Å². The van der Waals surface area contributed by atoms with E-state index in [1.165, 1.54) is 6.20 Å². The lowest BCUT2D eigenvalue weighted by molar-refractivity contribution is 1.05. The molecule has 0 aliphatic heterocycles. The molecular weight excluding hydrogens is 205 g/mol. The van der Waals surface area contributed by atoms with E-state index >= 15 is 0 Å². The Morgan fingerprint density at radius 3 is 2.91 bits per heavy atom. The third-order valence-corrected chi connectivity index (χ3v) is 1.99. The van der Waals surface area contributed by atoms with Crippen LogP contribution in [0.2, 0.25) is 10.3 Å². The Labute approximate surface area is 77.4 Å². The summed E-state index contributed by atoms with van der Waals surface area (Å²) in [5.41, 5.74) is 0. The lowest BCUT2D eigenvalue weighted by Crippen LogP contribution is -1.84. The van der Waals surface area contributed by atoms with Crippen molar-refractivity contribution in [3.63, 3.8) is 0 Å². The predicted octanol–water partition coefficient (Wildman–Crippen LogP) is 2.36. The van der Waals surface area contributed by atoms with Crippen molar-refractivity contribution in [3.05, 3.63) is 16.5 Å². The highest BCUT2D eigenvalue weighted by atomic mass is 35.5. The fraction of sp³-hybridized carbons (Fsp3) is 0. The molecule has 11 heavy (non-hydrogen) atoms. The van der Waals surface area contributed by atoms with Gasteiger partial charge in [0, 0.05) is 11.8 Å². The molecule has 0 aromatic carbocycles. The summed E-state index contributed by atoms with van der Waals surface area (Å²) in [6, 6.07) is 0. The van der Waals surface area contributed by atoms with Crippen molar-refractivity contribution in [2.24, 2.45) is 0 Å². The zero-order valence-corrected chi connectivity index (χ0v) is 7.41. The van der Waals surface area contributed by atoms with Crippen LogP contribution in [0.3, 0.4) is 0 Å². The Balaban J connectivity index is 3.05. The van der Waals surface area contributed by atoms with Crippen LogP contribution in [0.5, 0.6) is 0 Å². The first-order chi connectivity index (χ1) is 5.24. The number of rotatable bonds is 1. The summed E-state index contributed by atoms with van der Waals surface area (Å²) < 4.78 is 0. The van der Waals surface area contributed by atoms with Crippen molar-refractivity contribution < 1.29 is 0 Å². The molecule has 0 aliphatic carbocycles. The zero-order chi connectivity index (χ0) is 8.27. The third kappa shape index (κ3) is 2.22. The summed E-state index contributed by atoms with van der Waals surface area (Å²) in [5, 5.41) is 10.9. The minimum atomic E-state index is 0.0900. The molecule has 1 aromatic rings. The van der Waals surface area contributed by atoms with Crippen LogP contribution in [-0.2, 0) is 0 Å². The highest BCUT2D eigenvalue weighted by Gasteiger charge is 2.03. The van der Waals surface area contributed by atoms with Gasteiger partial charge >= 0.3 is 0 Å². The SMILES string of the molecule is N#CSc1nc(Cl)ncc1Cl. The van der Waals surface area contributed by atoms with Gasteiger partial charge in [0.05, 0.1) is 11.2 Å². The number of hydrogen-bond donors (Lipinski definition) is 0. The van der Waals surface area contributed by atoms with Crippen molar-refractivity contribution in [1.29, 1.82) is 5.26 Å². The second-order valence-corrected chi connectivity index (χ2v) is 3.00. The Morgan fingerprint density at radius 2 is 2.27 bits per heavy atom. The molecule has 0 atom stereocenters. The van der Waals surface area contributed by atoms with E-state index in [0.717, 1.165) is 11.8 Å². The molecule has 0 N–H and O–H groups in total. The molecule has 6 heteroatoms. The van der Waals surface area contributed by atoms with Crippen molar-refractivity contribution >= 4 is 35.0 Å². The second-order valence-electron chi connectivity index (χ2n) is 1.49. The maximum absolute atomic E-state index is 8.29. The highest BCUT2D eigenvalue weighted by Crippen LogP contribution is 2.23. The molecule has 56 valence electrons. The van der Waals surface area contributed by atoms with Crippen LogP contribution in [0.15, 0.2) is 11.2 Å². The summed E-state index contributed by atoms with van der Waals surface area (Å²) in [4.78, 5) is 7.35. The zero-order valence-electron chi connectivity index (χ0n) is 5.08. The first kappa shape index (κ1) is 8.60. The third-order valence-electron chi connectivity index (χ3n) is 0.825. The molecule has 0 fully saturated rings. The number of thioether (sulfide) groups is 1. The monoisotopic (exact) mass is 205 g/mol. The van der Waals surface area contributed by atoms with Crippen LogP contribution in [-0.4, -0.2) is 9.97 Å². The minimum absolute atomic E-state index is 0.0900. The van der Waals surface area contributed by atoms with E-state index in [9.17, 15) is 0 Å². The lowest BCUT2D eigenvalue weighted by atomic mass is 10.7. The van der Waals surface area contributed by atoms with E-state index in [-0.39, 0.29) is 5.28 Å². The van der Waals surface area contributed by atoms with Crippen LogP contribution in [0.1, 0.15) is 0 Å². The molecule has 0 radical (unpaired) electrons. The quantitative estimate of drug-likeness (QED) is 0.306. The van der Waals surface area contributed by atoms with Crippen molar-refractivity contribution in [1.82, 2.24) is 9.97 Å². The number of thiocyanates is 1. The number of aromatic nitrogens is 2. The van der Waals surface area contributed by atoms with Gasteiger partial charge in [-0.15, -0.1) is 0 Å². The normalized spacial score (nSPS) is 9.18. The molecular formula is C5HCl2N3S. The Bertz CT molecular complexity index is 309. The van der Waals surface area contributed by atoms with Gasteiger partial charge in [0.15, 0.2) is 0 Å². The Kier molecular flexibility index (Phi) is 2.94. The summed E-state index contributed by atoms with van der Waals surface area (Å²) in [6.45, 7) is 0. The molecule has 1 aromatic heterocycles. The van der Waals surface area contributed by atoms with Gasteiger partial charge in [0.1, 0.15) is 10.4 Å². The molecule has 3 nitrogen and oxygen atoms in total. The predicted molar refractivity (Wildman–Crippen MR) is 43.5 cm³/mol. The number of nitriles is 1. The Morgan fingerprint density at radius 1 is 1.55 bits per heavy atom. The lowest BCUT2D eigenvalue weighted by Gasteiger charge is -1.94. The summed E-state index contributed by atoms with van der Waals surface area (Å²) >= 11 is 11.9. The first-order valence-electron chi connectivity index (χ1n) is 2.48. The number of hydrogen-bond acceptors (Lipinski definition) is 4. The number of nitrogens with zero attached hydrogens (tertiary/aromatic N) is 3. The molecule has 0 spiro atoms. The molecule has 0 bridgehead atoms. The van der Waals surface area contributed by atoms with E-state index in [1.54, 1.807) is 0 Å². The van der Waals surface area contributed by atoms with Crippen molar-refractivity contribution in [2.45, 2.75) is 5.03 Å². The summed E-state index contributed by atoms with van der Waals surface area (Å²) in [7, 11) is 0. The van der Waals surface area contributed by atoms with Gasteiger partial charge in [0.2, 0.25) is 5.28 Å². The summed E-state index contributed by atoms with van der Waals surface area (Å²) in [6.07, 6.45) is 1.36. The van der Waals surface area contributed by atoms with Crippen molar-refractivity contribution in [3.8, 4) is 5.40 Å². The number of halogens is 2.